The second-order valence-corrected chi connectivity index (χ2v) is 7.21. The lowest BCUT2D eigenvalue weighted by Gasteiger charge is -2.31. The van der Waals surface area contributed by atoms with Crippen LogP contribution in [0.25, 0.3) is 0 Å². The van der Waals surface area contributed by atoms with Crippen LogP contribution in [0.1, 0.15) is 5.69 Å². The molecule has 0 spiro atoms. The summed E-state index contributed by atoms with van der Waals surface area (Å²) in [7, 11) is 1.91. The lowest BCUT2D eigenvalue weighted by atomic mass is 10.0. The number of carbonyl (C=O) groups excluding carboxylic acids is 1. The predicted molar refractivity (Wildman–Crippen MR) is 102 cm³/mol. The molecule has 0 bridgehead atoms. The molecule has 0 saturated carbocycles. The Morgan fingerprint density at radius 1 is 1.36 bits per heavy atom. The summed E-state index contributed by atoms with van der Waals surface area (Å²) in [5.41, 5.74) is 0.971. The average Bonchev–Trinajstić information content (AvgIpc) is 3.07. The first kappa shape index (κ1) is 20.9. The third-order valence-corrected chi connectivity index (χ3v) is 5.35. The Morgan fingerprint density at radius 2 is 2.14 bits per heavy atom. The number of nitrogens with one attached hydrogen (secondary N) is 1. The van der Waals surface area contributed by atoms with Crippen LogP contribution in [0.2, 0.25) is 0 Å². The first-order valence-electron chi connectivity index (χ1n) is 9.75. The molecule has 9 nitrogen and oxygen atoms in total. The summed E-state index contributed by atoms with van der Waals surface area (Å²) < 4.78 is 11.1. The fourth-order valence-corrected chi connectivity index (χ4v) is 3.74. The molecule has 2 amide bonds. The van der Waals surface area contributed by atoms with Crippen molar-refractivity contribution in [2.45, 2.75) is 30.8 Å². The SMILES string of the molecule is CN(CCc1ccccn1)[C@H]1[C@H](O)[C@H](CO)O[C@@H]1CNC(=O)N1CCOCC1. The van der Waals surface area contributed by atoms with Gasteiger partial charge in [0, 0.05) is 44.5 Å². The highest BCUT2D eigenvalue weighted by atomic mass is 16.5. The van der Waals surface area contributed by atoms with Crippen LogP contribution >= 0.6 is 0 Å². The number of pyridine rings is 1. The van der Waals surface area contributed by atoms with Crippen LogP contribution in [-0.2, 0) is 15.9 Å². The maximum atomic E-state index is 12.3. The Morgan fingerprint density at radius 3 is 2.82 bits per heavy atom. The Balaban J connectivity index is 1.56. The van der Waals surface area contributed by atoms with Gasteiger partial charge in [-0.3, -0.25) is 9.88 Å². The van der Waals surface area contributed by atoms with Gasteiger partial charge in [0.2, 0.25) is 0 Å². The summed E-state index contributed by atoms with van der Waals surface area (Å²) in [4.78, 5) is 20.4. The second-order valence-electron chi connectivity index (χ2n) is 7.21. The van der Waals surface area contributed by atoms with Crippen LogP contribution in [-0.4, -0.2) is 108 Å². The molecule has 3 N–H and O–H groups in total. The van der Waals surface area contributed by atoms with Gasteiger partial charge < -0.3 is 29.9 Å². The monoisotopic (exact) mass is 394 g/mol. The quantitative estimate of drug-likeness (QED) is 0.549. The van der Waals surface area contributed by atoms with E-state index in [1.54, 1.807) is 11.1 Å². The van der Waals surface area contributed by atoms with Crippen LogP contribution < -0.4 is 5.32 Å². The molecule has 2 aliphatic rings. The molecule has 2 saturated heterocycles. The molecule has 0 aliphatic carbocycles. The Hall–Kier alpha value is -1.78. The lowest BCUT2D eigenvalue weighted by molar-refractivity contribution is -0.0211. The molecule has 156 valence electrons. The van der Waals surface area contributed by atoms with Gasteiger partial charge in [0.05, 0.1) is 32.0 Å². The molecule has 28 heavy (non-hydrogen) atoms. The van der Waals surface area contributed by atoms with Gasteiger partial charge >= 0.3 is 6.03 Å². The average molecular weight is 394 g/mol. The molecule has 4 atom stereocenters. The zero-order valence-corrected chi connectivity index (χ0v) is 16.2. The molecule has 2 fully saturated rings. The number of carbonyl (C=O) groups is 1. The van der Waals surface area contributed by atoms with Crippen molar-refractivity contribution in [3.05, 3.63) is 30.1 Å². The summed E-state index contributed by atoms with van der Waals surface area (Å²) in [6, 6.07) is 5.29. The standard InChI is InChI=1S/C19H30N4O5/c1-22(7-5-14-4-2-3-6-20-14)17-15(28-16(13-24)18(17)25)12-21-19(26)23-8-10-27-11-9-23/h2-4,6,15-18,24-25H,5,7-13H2,1H3,(H,21,26)/t15-,16+,17-,18-/m1/s1. The van der Waals surface area contributed by atoms with Crippen molar-refractivity contribution in [2.24, 2.45) is 0 Å². The van der Waals surface area contributed by atoms with Gasteiger partial charge in [-0.2, -0.15) is 0 Å². The van der Waals surface area contributed by atoms with Crippen LogP contribution in [0.15, 0.2) is 24.4 Å². The number of rotatable bonds is 7. The summed E-state index contributed by atoms with van der Waals surface area (Å²) >= 11 is 0. The smallest absolute Gasteiger partial charge is 0.317 e. The highest BCUT2D eigenvalue weighted by molar-refractivity contribution is 5.74. The van der Waals surface area contributed by atoms with E-state index in [4.69, 9.17) is 9.47 Å². The molecule has 0 unspecified atom stereocenters. The highest BCUT2D eigenvalue weighted by Crippen LogP contribution is 2.25. The summed E-state index contributed by atoms with van der Waals surface area (Å²) in [6.45, 7) is 2.88. The highest BCUT2D eigenvalue weighted by Gasteiger charge is 2.45. The zero-order valence-electron chi connectivity index (χ0n) is 16.2. The van der Waals surface area contributed by atoms with Crippen molar-refractivity contribution in [2.75, 3.05) is 53.0 Å². The third-order valence-electron chi connectivity index (χ3n) is 5.35. The van der Waals surface area contributed by atoms with Crippen molar-refractivity contribution in [3.63, 3.8) is 0 Å². The molecule has 2 aliphatic heterocycles. The van der Waals surface area contributed by atoms with Crippen molar-refractivity contribution in [1.29, 1.82) is 0 Å². The van der Waals surface area contributed by atoms with Gasteiger partial charge in [-0.15, -0.1) is 0 Å². The van der Waals surface area contributed by atoms with E-state index in [0.717, 1.165) is 12.1 Å². The van der Waals surface area contributed by atoms with Gasteiger partial charge in [0.15, 0.2) is 0 Å². The first-order valence-corrected chi connectivity index (χ1v) is 9.75. The van der Waals surface area contributed by atoms with Gasteiger partial charge in [0.25, 0.3) is 0 Å². The van der Waals surface area contributed by atoms with E-state index >= 15 is 0 Å². The number of amides is 2. The van der Waals surface area contributed by atoms with E-state index in [2.05, 4.69) is 10.3 Å². The van der Waals surface area contributed by atoms with Gasteiger partial charge in [-0.25, -0.2) is 4.79 Å². The van der Waals surface area contributed by atoms with E-state index in [-0.39, 0.29) is 25.2 Å². The van der Waals surface area contributed by atoms with Crippen molar-refractivity contribution >= 4 is 6.03 Å². The maximum absolute atomic E-state index is 12.3. The van der Waals surface area contributed by atoms with Crippen molar-refractivity contribution in [3.8, 4) is 0 Å². The number of aromatic nitrogens is 1. The Bertz CT molecular complexity index is 614. The largest absolute Gasteiger partial charge is 0.394 e. The van der Waals surface area contributed by atoms with Crippen LogP contribution in [0.4, 0.5) is 4.79 Å². The number of aliphatic hydroxyl groups is 2. The number of hydrogen-bond acceptors (Lipinski definition) is 7. The molecule has 0 aromatic carbocycles. The zero-order chi connectivity index (χ0) is 19.9. The number of aliphatic hydroxyl groups excluding tert-OH is 2. The Labute approximate surface area is 165 Å². The molecule has 3 rings (SSSR count). The van der Waals surface area contributed by atoms with Gasteiger partial charge in [0.1, 0.15) is 12.2 Å². The van der Waals surface area contributed by atoms with E-state index in [9.17, 15) is 15.0 Å². The van der Waals surface area contributed by atoms with E-state index in [0.29, 0.717) is 32.8 Å². The number of hydrogen-bond donors (Lipinski definition) is 3. The maximum Gasteiger partial charge on any atom is 0.317 e. The molecule has 9 heteroatoms. The summed E-state index contributed by atoms with van der Waals surface area (Å²) in [5, 5.41) is 23.0. The minimum Gasteiger partial charge on any atom is -0.394 e. The number of morpholine rings is 1. The van der Waals surface area contributed by atoms with Crippen molar-refractivity contribution < 1.29 is 24.5 Å². The van der Waals surface area contributed by atoms with E-state index in [1.165, 1.54) is 0 Å². The minimum absolute atomic E-state index is 0.163. The molecular weight excluding hydrogens is 364 g/mol. The molecular formula is C19H30N4O5. The Kier molecular flexibility index (Phi) is 7.57. The minimum atomic E-state index is -0.830. The van der Waals surface area contributed by atoms with Crippen LogP contribution in [0, 0.1) is 0 Å². The van der Waals surface area contributed by atoms with Crippen molar-refractivity contribution in [1.82, 2.24) is 20.1 Å². The second kappa shape index (κ2) is 10.1. The van der Waals surface area contributed by atoms with Crippen LogP contribution in [0.5, 0.6) is 0 Å². The van der Waals surface area contributed by atoms with Gasteiger partial charge in [-0.05, 0) is 19.2 Å². The van der Waals surface area contributed by atoms with Crippen LogP contribution in [0.3, 0.4) is 0 Å². The lowest BCUT2D eigenvalue weighted by Crippen LogP contribution is -2.52. The number of ether oxygens (including phenoxy) is 2. The fourth-order valence-electron chi connectivity index (χ4n) is 3.74. The van der Waals surface area contributed by atoms with E-state index in [1.807, 2.05) is 30.1 Å². The predicted octanol–water partition coefficient (Wildman–Crippen LogP) is -0.913. The normalized spacial score (nSPS) is 27.9. The molecule has 1 aromatic rings. The number of likely N-dealkylation sites (N-methyl/N-ethyl adjacent to an activating group) is 1. The topological polar surface area (TPSA) is 107 Å². The fraction of sp³-hybridized carbons (Fsp3) is 0.684. The summed E-state index contributed by atoms with van der Waals surface area (Å²) in [5.74, 6) is 0. The van der Waals surface area contributed by atoms with Gasteiger partial charge in [-0.1, -0.05) is 6.07 Å². The summed E-state index contributed by atoms with van der Waals surface area (Å²) in [6.07, 6.45) is 0.591. The molecule has 3 heterocycles. The number of nitrogens with zero attached hydrogens (tertiary/aromatic N) is 3. The number of urea groups is 1. The van der Waals surface area contributed by atoms with E-state index < -0.39 is 18.3 Å². The third kappa shape index (κ3) is 5.18. The first-order chi connectivity index (χ1) is 13.6. The molecule has 0 radical (unpaired) electrons. The molecule has 1 aromatic heterocycles.